The third kappa shape index (κ3) is 2.34. The first-order valence-electron chi connectivity index (χ1n) is 9.59. The van der Waals surface area contributed by atoms with E-state index in [0.717, 1.165) is 31.4 Å². The first-order valence-corrected chi connectivity index (χ1v) is 9.59. The van der Waals surface area contributed by atoms with Crippen LogP contribution in [0.1, 0.15) is 57.9 Å². The predicted octanol–water partition coefficient (Wildman–Crippen LogP) is 3.62. The topological polar surface area (TPSA) is 49.9 Å². The van der Waals surface area contributed by atoms with Crippen molar-refractivity contribution in [3.8, 4) is 5.75 Å². The molecule has 0 aromatic heterocycles. The molecule has 138 valence electrons. The Morgan fingerprint density at radius 2 is 1.59 bits per heavy atom. The average molecular weight is 362 g/mol. The van der Waals surface area contributed by atoms with E-state index in [1.807, 2.05) is 30.3 Å². The second kappa shape index (κ2) is 6.20. The van der Waals surface area contributed by atoms with E-state index in [0.29, 0.717) is 11.1 Å². The minimum atomic E-state index is -0.187. The molecule has 0 unspecified atom stereocenters. The summed E-state index contributed by atoms with van der Waals surface area (Å²) >= 11 is 0. The Kier molecular flexibility index (Phi) is 3.79. The predicted molar refractivity (Wildman–Crippen MR) is 101 cm³/mol. The molecule has 2 aromatic rings. The number of para-hydroxylation sites is 1. The number of imide groups is 1. The first kappa shape index (κ1) is 16.5. The van der Waals surface area contributed by atoms with Gasteiger partial charge in [0, 0.05) is 18.0 Å². The van der Waals surface area contributed by atoms with E-state index in [1.165, 1.54) is 10.6 Å². The highest BCUT2D eigenvalue weighted by molar-refractivity contribution is 6.21. The highest BCUT2D eigenvalue weighted by Crippen LogP contribution is 2.48. The zero-order valence-corrected chi connectivity index (χ0v) is 15.3. The molecule has 3 heterocycles. The number of hydrazine groups is 1. The summed E-state index contributed by atoms with van der Waals surface area (Å²) in [5.41, 5.74) is 2.21. The van der Waals surface area contributed by atoms with Crippen LogP contribution in [0.25, 0.3) is 0 Å². The summed E-state index contributed by atoms with van der Waals surface area (Å²) < 4.78 is 5.59. The van der Waals surface area contributed by atoms with Gasteiger partial charge in [0.15, 0.2) is 0 Å². The molecule has 5 nitrogen and oxygen atoms in total. The van der Waals surface area contributed by atoms with Crippen LogP contribution in [0.15, 0.2) is 48.5 Å². The zero-order chi connectivity index (χ0) is 18.5. The third-order valence-corrected chi connectivity index (χ3v) is 6.28. The normalized spacial score (nSPS) is 27.1. The van der Waals surface area contributed by atoms with Crippen molar-refractivity contribution in [2.45, 2.75) is 43.7 Å². The maximum Gasteiger partial charge on any atom is 0.276 e. The smallest absolute Gasteiger partial charge is 0.276 e. The number of amides is 2. The van der Waals surface area contributed by atoms with E-state index in [-0.39, 0.29) is 29.8 Å². The maximum absolute atomic E-state index is 13.0. The fraction of sp³-hybridized carbons (Fsp3) is 0.364. The minimum Gasteiger partial charge on any atom is -0.496 e. The van der Waals surface area contributed by atoms with Crippen molar-refractivity contribution in [2.75, 3.05) is 7.11 Å². The molecule has 0 spiro atoms. The molecule has 5 rings (SSSR count). The molecule has 0 radical (unpaired) electrons. The number of benzene rings is 2. The van der Waals surface area contributed by atoms with Crippen LogP contribution in [0.3, 0.4) is 0 Å². The number of carbonyl (C=O) groups is 2. The largest absolute Gasteiger partial charge is 0.496 e. The van der Waals surface area contributed by atoms with Gasteiger partial charge in [-0.1, -0.05) is 36.8 Å². The number of piperidine rings is 1. The summed E-state index contributed by atoms with van der Waals surface area (Å²) in [6.45, 7) is 0. The summed E-state index contributed by atoms with van der Waals surface area (Å²) in [6.07, 6.45) is 4.06. The van der Waals surface area contributed by atoms with Gasteiger partial charge in [-0.3, -0.25) is 9.59 Å². The number of fused-ring (bicyclic) bond motifs is 3. The van der Waals surface area contributed by atoms with Gasteiger partial charge in [-0.2, -0.15) is 0 Å². The van der Waals surface area contributed by atoms with Crippen molar-refractivity contribution in [1.29, 1.82) is 0 Å². The maximum atomic E-state index is 13.0. The van der Waals surface area contributed by atoms with Crippen LogP contribution in [0.4, 0.5) is 0 Å². The number of hydrogen-bond acceptors (Lipinski definition) is 4. The zero-order valence-electron chi connectivity index (χ0n) is 15.3. The molecule has 3 atom stereocenters. The van der Waals surface area contributed by atoms with Crippen molar-refractivity contribution in [2.24, 2.45) is 0 Å². The van der Waals surface area contributed by atoms with Gasteiger partial charge in [0.2, 0.25) is 0 Å². The Labute approximate surface area is 158 Å². The summed E-state index contributed by atoms with van der Waals surface area (Å²) in [7, 11) is 1.70. The standard InChI is InChI=1S/C22H22N2O3/c1-27-20-12-5-4-8-15(20)18-13-14-7-6-11-19(18)23(14)24-21(25)16-9-2-3-10-17(16)22(24)26/h2-5,8-10,12,14,18-19H,6-7,11,13H2,1H3/t14-,18+,19+/m0/s1. The molecule has 5 heteroatoms. The Bertz CT molecular complexity index is 890. The second-order valence-electron chi connectivity index (χ2n) is 7.58. The molecule has 0 aliphatic carbocycles. The molecule has 27 heavy (non-hydrogen) atoms. The molecule has 0 saturated carbocycles. The fourth-order valence-electron chi connectivity index (χ4n) is 5.16. The molecule has 2 fully saturated rings. The Balaban J connectivity index is 1.53. The van der Waals surface area contributed by atoms with Crippen LogP contribution in [0, 0.1) is 0 Å². The Hall–Kier alpha value is -2.66. The van der Waals surface area contributed by atoms with Crippen molar-refractivity contribution in [3.63, 3.8) is 0 Å². The minimum absolute atomic E-state index is 0.141. The highest BCUT2D eigenvalue weighted by atomic mass is 16.5. The van der Waals surface area contributed by atoms with Crippen molar-refractivity contribution in [3.05, 3.63) is 65.2 Å². The van der Waals surface area contributed by atoms with E-state index in [9.17, 15) is 9.59 Å². The number of carbonyl (C=O) groups excluding carboxylic acids is 2. The number of methoxy groups -OCH3 is 1. The lowest BCUT2D eigenvalue weighted by atomic mass is 9.90. The van der Waals surface area contributed by atoms with Gasteiger partial charge in [0.1, 0.15) is 5.75 Å². The fourth-order valence-corrected chi connectivity index (χ4v) is 5.16. The molecule has 3 aliphatic heterocycles. The summed E-state index contributed by atoms with van der Waals surface area (Å²) in [6, 6.07) is 15.6. The van der Waals surface area contributed by atoms with Gasteiger partial charge in [-0.25, -0.2) is 10.0 Å². The molecular formula is C22H22N2O3. The van der Waals surface area contributed by atoms with Gasteiger partial charge >= 0.3 is 0 Å². The Morgan fingerprint density at radius 3 is 2.30 bits per heavy atom. The van der Waals surface area contributed by atoms with Crippen LogP contribution >= 0.6 is 0 Å². The van der Waals surface area contributed by atoms with Crippen LogP contribution in [0.5, 0.6) is 5.75 Å². The quantitative estimate of drug-likeness (QED) is 0.783. The number of rotatable bonds is 3. The lowest BCUT2D eigenvalue weighted by Crippen LogP contribution is -2.54. The summed E-state index contributed by atoms with van der Waals surface area (Å²) in [5.74, 6) is 0.775. The van der Waals surface area contributed by atoms with Crippen molar-refractivity contribution < 1.29 is 14.3 Å². The molecule has 2 saturated heterocycles. The lowest BCUT2D eigenvalue weighted by Gasteiger charge is -2.40. The van der Waals surface area contributed by atoms with Gasteiger partial charge in [0.05, 0.1) is 18.2 Å². The van der Waals surface area contributed by atoms with Crippen LogP contribution in [-0.4, -0.2) is 41.0 Å². The molecular weight excluding hydrogens is 340 g/mol. The van der Waals surface area contributed by atoms with Crippen molar-refractivity contribution >= 4 is 11.8 Å². The van der Waals surface area contributed by atoms with E-state index in [1.54, 1.807) is 19.2 Å². The van der Waals surface area contributed by atoms with Gasteiger partial charge in [-0.15, -0.1) is 0 Å². The van der Waals surface area contributed by atoms with E-state index in [2.05, 4.69) is 11.1 Å². The molecule has 0 N–H and O–H groups in total. The van der Waals surface area contributed by atoms with E-state index < -0.39 is 0 Å². The van der Waals surface area contributed by atoms with E-state index in [4.69, 9.17) is 4.74 Å². The van der Waals surface area contributed by atoms with Crippen molar-refractivity contribution in [1.82, 2.24) is 10.0 Å². The number of ether oxygens (including phenoxy) is 1. The molecule has 2 bridgehead atoms. The van der Waals surface area contributed by atoms with Gasteiger partial charge in [-0.05, 0) is 43.0 Å². The highest BCUT2D eigenvalue weighted by Gasteiger charge is 2.52. The average Bonchev–Trinajstić information content (AvgIpc) is 3.07. The van der Waals surface area contributed by atoms with Crippen LogP contribution < -0.4 is 4.74 Å². The lowest BCUT2D eigenvalue weighted by molar-refractivity contribution is -0.0416. The summed E-state index contributed by atoms with van der Waals surface area (Å²) in [5, 5.41) is 3.51. The third-order valence-electron chi connectivity index (χ3n) is 6.28. The second-order valence-corrected chi connectivity index (χ2v) is 7.58. The number of hydrogen-bond donors (Lipinski definition) is 0. The molecule has 3 aliphatic rings. The first-order chi connectivity index (χ1) is 13.2. The molecule has 2 aromatic carbocycles. The van der Waals surface area contributed by atoms with E-state index >= 15 is 0 Å². The number of nitrogens with zero attached hydrogens (tertiary/aromatic N) is 2. The van der Waals surface area contributed by atoms with Crippen LogP contribution in [0.2, 0.25) is 0 Å². The molecule has 2 amide bonds. The monoisotopic (exact) mass is 362 g/mol. The van der Waals surface area contributed by atoms with Gasteiger partial charge in [0.25, 0.3) is 11.8 Å². The summed E-state index contributed by atoms with van der Waals surface area (Å²) in [4.78, 5) is 26.1. The SMILES string of the molecule is COc1ccccc1[C@H]1C[C@@H]2CCC[C@H]1N2N1C(=O)c2ccccc2C1=O. The Morgan fingerprint density at radius 1 is 0.926 bits per heavy atom. The van der Waals surface area contributed by atoms with Crippen LogP contribution in [-0.2, 0) is 0 Å². The van der Waals surface area contributed by atoms with Gasteiger partial charge < -0.3 is 4.74 Å².